The van der Waals surface area contributed by atoms with Gasteiger partial charge in [-0.15, -0.1) is 11.3 Å². The number of rotatable bonds is 5. The van der Waals surface area contributed by atoms with Crippen molar-refractivity contribution < 1.29 is 5.11 Å². The van der Waals surface area contributed by atoms with Crippen LogP contribution < -0.4 is 5.32 Å². The third kappa shape index (κ3) is 2.13. The van der Waals surface area contributed by atoms with Gasteiger partial charge in [0, 0.05) is 17.6 Å². The molecule has 1 saturated carbocycles. The van der Waals surface area contributed by atoms with Crippen LogP contribution in [0.25, 0.3) is 10.6 Å². The van der Waals surface area contributed by atoms with Gasteiger partial charge in [-0.25, -0.2) is 0 Å². The molecule has 1 aliphatic carbocycles. The van der Waals surface area contributed by atoms with Crippen LogP contribution in [0.15, 0.2) is 23.7 Å². The Morgan fingerprint density at radius 3 is 3.06 bits per heavy atom. The number of H-pyrrole nitrogens is 1. The highest BCUT2D eigenvalue weighted by atomic mass is 32.1. The highest BCUT2D eigenvalue weighted by Crippen LogP contribution is 2.35. The summed E-state index contributed by atoms with van der Waals surface area (Å²) in [5.41, 5.74) is 2.22. The van der Waals surface area contributed by atoms with E-state index in [0.717, 1.165) is 30.6 Å². The molecule has 3 N–H and O–H groups in total. The van der Waals surface area contributed by atoms with Gasteiger partial charge in [0.25, 0.3) is 0 Å². The van der Waals surface area contributed by atoms with Crippen LogP contribution in [0.1, 0.15) is 18.4 Å². The van der Waals surface area contributed by atoms with E-state index in [1.807, 2.05) is 12.3 Å². The molecule has 0 spiro atoms. The Labute approximate surface area is 104 Å². The molecule has 1 aliphatic rings. The quantitative estimate of drug-likeness (QED) is 0.756. The van der Waals surface area contributed by atoms with Crippen molar-refractivity contribution >= 4 is 11.3 Å². The molecule has 5 heteroatoms. The zero-order valence-electron chi connectivity index (χ0n) is 9.44. The van der Waals surface area contributed by atoms with Gasteiger partial charge >= 0.3 is 0 Å². The number of nitrogens with zero attached hydrogens (tertiary/aromatic N) is 1. The third-order valence-electron chi connectivity index (χ3n) is 3.30. The van der Waals surface area contributed by atoms with Crippen LogP contribution in [0.4, 0.5) is 0 Å². The van der Waals surface area contributed by atoms with Crippen molar-refractivity contribution in [1.82, 2.24) is 15.5 Å². The monoisotopic (exact) mass is 249 g/mol. The summed E-state index contributed by atoms with van der Waals surface area (Å²) in [6.45, 7) is 0.976. The second-order valence-corrected chi connectivity index (χ2v) is 5.49. The van der Waals surface area contributed by atoms with Gasteiger partial charge in [0.1, 0.15) is 0 Å². The maximum Gasteiger partial charge on any atom is 0.0794 e. The average molecular weight is 249 g/mol. The number of thiophene rings is 1. The van der Waals surface area contributed by atoms with Crippen molar-refractivity contribution in [3.8, 4) is 10.6 Å². The number of aliphatic hydroxyl groups is 1. The van der Waals surface area contributed by atoms with Crippen molar-refractivity contribution in [2.75, 3.05) is 6.61 Å². The highest BCUT2D eigenvalue weighted by molar-refractivity contribution is 7.13. The van der Waals surface area contributed by atoms with E-state index < -0.39 is 0 Å². The van der Waals surface area contributed by atoms with E-state index >= 15 is 0 Å². The molecule has 0 aromatic carbocycles. The molecule has 2 aromatic heterocycles. The lowest BCUT2D eigenvalue weighted by atomic mass is 10.2. The van der Waals surface area contributed by atoms with Crippen molar-refractivity contribution in [3.63, 3.8) is 0 Å². The van der Waals surface area contributed by atoms with E-state index in [4.69, 9.17) is 0 Å². The average Bonchev–Trinajstić information content (AvgIpc) is 2.81. The maximum atomic E-state index is 9.25. The fourth-order valence-corrected chi connectivity index (χ4v) is 2.66. The van der Waals surface area contributed by atoms with E-state index in [1.54, 1.807) is 11.3 Å². The summed E-state index contributed by atoms with van der Waals surface area (Å²) < 4.78 is 0. The van der Waals surface area contributed by atoms with Gasteiger partial charge in [-0.2, -0.15) is 5.10 Å². The van der Waals surface area contributed by atoms with E-state index in [-0.39, 0.29) is 12.1 Å². The van der Waals surface area contributed by atoms with E-state index in [9.17, 15) is 5.11 Å². The number of hydrogen-bond donors (Lipinski definition) is 3. The first kappa shape index (κ1) is 11.0. The summed E-state index contributed by atoms with van der Waals surface area (Å²) in [5.74, 6) is 0. The van der Waals surface area contributed by atoms with Gasteiger partial charge in [0.15, 0.2) is 0 Å². The van der Waals surface area contributed by atoms with Gasteiger partial charge in [-0.1, -0.05) is 6.07 Å². The van der Waals surface area contributed by atoms with E-state index in [0.29, 0.717) is 0 Å². The summed E-state index contributed by atoms with van der Waals surface area (Å²) in [5, 5.41) is 21.9. The molecule has 0 unspecified atom stereocenters. The third-order valence-corrected chi connectivity index (χ3v) is 4.18. The number of nitrogens with one attached hydrogen (secondary N) is 2. The largest absolute Gasteiger partial charge is 0.394 e. The molecule has 0 bridgehead atoms. The van der Waals surface area contributed by atoms with Crippen LogP contribution in [-0.2, 0) is 6.54 Å². The fraction of sp³-hybridized carbons (Fsp3) is 0.417. The zero-order valence-corrected chi connectivity index (χ0v) is 10.3. The van der Waals surface area contributed by atoms with E-state index in [2.05, 4.69) is 27.0 Å². The van der Waals surface area contributed by atoms with Crippen molar-refractivity contribution in [2.45, 2.75) is 24.9 Å². The lowest BCUT2D eigenvalue weighted by Crippen LogP contribution is -2.34. The minimum atomic E-state index is -0.0238. The Balaban J connectivity index is 1.74. The first-order valence-electron chi connectivity index (χ1n) is 5.75. The highest BCUT2D eigenvalue weighted by Gasteiger charge is 2.41. The first-order valence-corrected chi connectivity index (χ1v) is 6.63. The molecule has 90 valence electrons. The van der Waals surface area contributed by atoms with Gasteiger partial charge in [0.2, 0.25) is 0 Å². The standard InChI is InChI=1S/C12H15N3OS/c16-8-12(3-4-12)13-6-9-7-14-15-11(9)10-2-1-5-17-10/h1-2,5,7,13,16H,3-4,6,8H2,(H,14,15). The Morgan fingerprint density at radius 1 is 1.53 bits per heavy atom. The summed E-state index contributed by atoms with van der Waals surface area (Å²) in [7, 11) is 0. The smallest absolute Gasteiger partial charge is 0.0794 e. The lowest BCUT2D eigenvalue weighted by Gasteiger charge is -2.13. The van der Waals surface area contributed by atoms with Gasteiger partial charge in [-0.05, 0) is 24.3 Å². The molecular weight excluding hydrogens is 234 g/mol. The Hall–Kier alpha value is -1.17. The molecule has 0 aliphatic heterocycles. The summed E-state index contributed by atoms with van der Waals surface area (Å²) in [6, 6.07) is 4.12. The van der Waals surface area contributed by atoms with Crippen LogP contribution in [-0.4, -0.2) is 27.4 Å². The molecule has 0 saturated heterocycles. The maximum absolute atomic E-state index is 9.25. The summed E-state index contributed by atoms with van der Waals surface area (Å²) >= 11 is 1.70. The molecule has 4 nitrogen and oxygen atoms in total. The minimum absolute atomic E-state index is 0.0238. The SMILES string of the molecule is OCC1(NCc2cn[nH]c2-c2cccs2)CC1. The molecule has 0 radical (unpaired) electrons. The second-order valence-electron chi connectivity index (χ2n) is 4.54. The second kappa shape index (κ2) is 4.25. The molecule has 1 fully saturated rings. The molecule has 2 aromatic rings. The zero-order chi connectivity index (χ0) is 11.7. The van der Waals surface area contributed by atoms with Gasteiger partial charge in [-0.3, -0.25) is 5.10 Å². The van der Waals surface area contributed by atoms with Crippen LogP contribution in [0.5, 0.6) is 0 Å². The van der Waals surface area contributed by atoms with Crippen molar-refractivity contribution in [3.05, 3.63) is 29.3 Å². The number of aromatic nitrogens is 2. The number of hydrogen-bond acceptors (Lipinski definition) is 4. The topological polar surface area (TPSA) is 60.9 Å². The number of aromatic amines is 1. The molecular formula is C12H15N3OS. The Kier molecular flexibility index (Phi) is 2.74. The van der Waals surface area contributed by atoms with Crippen LogP contribution >= 0.6 is 11.3 Å². The molecule has 3 rings (SSSR count). The van der Waals surface area contributed by atoms with Gasteiger partial charge < -0.3 is 10.4 Å². The predicted molar refractivity (Wildman–Crippen MR) is 67.8 cm³/mol. The lowest BCUT2D eigenvalue weighted by molar-refractivity contribution is 0.229. The normalized spacial score (nSPS) is 17.2. The number of aliphatic hydroxyl groups excluding tert-OH is 1. The molecule has 2 heterocycles. The fourth-order valence-electron chi connectivity index (χ4n) is 1.90. The predicted octanol–water partition coefficient (Wildman–Crippen LogP) is 1.75. The molecule has 0 amide bonds. The Morgan fingerprint density at radius 2 is 2.41 bits per heavy atom. The first-order chi connectivity index (χ1) is 8.33. The minimum Gasteiger partial charge on any atom is -0.394 e. The van der Waals surface area contributed by atoms with Crippen LogP contribution in [0.3, 0.4) is 0 Å². The van der Waals surface area contributed by atoms with Crippen LogP contribution in [0, 0.1) is 0 Å². The summed E-state index contributed by atoms with van der Waals surface area (Å²) in [6.07, 6.45) is 3.99. The van der Waals surface area contributed by atoms with Crippen molar-refractivity contribution in [2.24, 2.45) is 0 Å². The van der Waals surface area contributed by atoms with E-state index in [1.165, 1.54) is 4.88 Å². The molecule has 0 atom stereocenters. The van der Waals surface area contributed by atoms with Gasteiger partial charge in [0.05, 0.1) is 23.4 Å². The van der Waals surface area contributed by atoms with Crippen molar-refractivity contribution in [1.29, 1.82) is 0 Å². The van der Waals surface area contributed by atoms with Crippen LogP contribution in [0.2, 0.25) is 0 Å². The molecule has 17 heavy (non-hydrogen) atoms. The summed E-state index contributed by atoms with van der Waals surface area (Å²) in [4.78, 5) is 1.20. The Bertz CT molecular complexity index is 488.